The van der Waals surface area contributed by atoms with Gasteiger partial charge in [-0.3, -0.25) is 5.21 Å². The van der Waals surface area contributed by atoms with E-state index in [1.165, 1.54) is 12.2 Å². The van der Waals surface area contributed by atoms with E-state index in [0.717, 1.165) is 6.20 Å². The molecule has 2 heterocycles. The van der Waals surface area contributed by atoms with Gasteiger partial charge in [0.25, 0.3) is 0 Å². The standard InChI is InChI=1S/C7H6F3N5O/c8-7(9,10)5-4(2-1-3-15(5)16)6-11-13-14-12-6/h1-3,5,16H,(H,11,12,13,14). The topological polar surface area (TPSA) is 77.9 Å². The van der Waals surface area contributed by atoms with E-state index in [0.29, 0.717) is 0 Å². The fraction of sp³-hybridized carbons (Fsp3) is 0.286. The van der Waals surface area contributed by atoms with Crippen LogP contribution in [0.2, 0.25) is 0 Å². The van der Waals surface area contributed by atoms with E-state index in [1.54, 1.807) is 0 Å². The molecule has 0 saturated carbocycles. The number of rotatable bonds is 1. The number of nitrogens with zero attached hydrogens (tertiary/aromatic N) is 4. The van der Waals surface area contributed by atoms with Gasteiger partial charge >= 0.3 is 6.18 Å². The van der Waals surface area contributed by atoms with Crippen molar-refractivity contribution in [2.75, 3.05) is 0 Å². The summed E-state index contributed by atoms with van der Waals surface area (Å²) in [5.41, 5.74) is -0.272. The van der Waals surface area contributed by atoms with Crippen LogP contribution < -0.4 is 0 Å². The Morgan fingerprint density at radius 3 is 2.75 bits per heavy atom. The van der Waals surface area contributed by atoms with E-state index >= 15 is 0 Å². The molecule has 2 N–H and O–H groups in total. The minimum Gasteiger partial charge on any atom is -0.288 e. The Hall–Kier alpha value is -1.90. The number of nitrogens with one attached hydrogen (secondary N) is 1. The molecule has 9 heteroatoms. The Balaban J connectivity index is 2.41. The summed E-state index contributed by atoms with van der Waals surface area (Å²) < 4.78 is 38.0. The summed E-state index contributed by atoms with van der Waals surface area (Å²) in [4.78, 5) is 0. The number of tetrazole rings is 1. The van der Waals surface area contributed by atoms with E-state index < -0.39 is 12.2 Å². The maximum absolute atomic E-state index is 12.7. The van der Waals surface area contributed by atoms with Crippen LogP contribution in [0, 0.1) is 0 Å². The Morgan fingerprint density at radius 1 is 1.44 bits per heavy atom. The number of allylic oxidation sites excluding steroid dienone is 2. The second-order valence-electron chi connectivity index (χ2n) is 3.02. The minimum atomic E-state index is -4.63. The predicted octanol–water partition coefficient (Wildman–Crippen LogP) is 0.732. The molecule has 0 saturated heterocycles. The smallest absolute Gasteiger partial charge is 0.288 e. The molecule has 0 spiro atoms. The van der Waals surface area contributed by atoms with Gasteiger partial charge in [0.05, 0.1) is 0 Å². The van der Waals surface area contributed by atoms with Gasteiger partial charge < -0.3 is 0 Å². The first-order valence-corrected chi connectivity index (χ1v) is 4.16. The summed E-state index contributed by atoms with van der Waals surface area (Å²) in [5, 5.41) is 21.4. The highest BCUT2D eigenvalue weighted by Crippen LogP contribution is 2.34. The van der Waals surface area contributed by atoms with Gasteiger partial charge in [0, 0.05) is 11.8 Å². The van der Waals surface area contributed by atoms with Gasteiger partial charge in [-0.1, -0.05) is 6.08 Å². The maximum atomic E-state index is 12.7. The van der Waals surface area contributed by atoms with Crippen molar-refractivity contribution in [1.29, 1.82) is 0 Å². The molecule has 0 aromatic carbocycles. The van der Waals surface area contributed by atoms with Crippen molar-refractivity contribution in [2.24, 2.45) is 0 Å². The molecule has 0 radical (unpaired) electrons. The van der Waals surface area contributed by atoms with Crippen LogP contribution in [-0.2, 0) is 0 Å². The summed E-state index contributed by atoms with van der Waals surface area (Å²) in [6.07, 6.45) is -1.29. The van der Waals surface area contributed by atoms with Gasteiger partial charge in [-0.25, -0.2) is 5.06 Å². The maximum Gasteiger partial charge on any atom is 0.415 e. The third-order valence-electron chi connectivity index (χ3n) is 1.99. The van der Waals surface area contributed by atoms with Crippen molar-refractivity contribution < 1.29 is 18.4 Å². The SMILES string of the molecule is ON1C=CC=C(c2nn[nH]n2)C1C(F)(F)F. The quantitative estimate of drug-likeness (QED) is 0.747. The van der Waals surface area contributed by atoms with Gasteiger partial charge in [0.1, 0.15) is 0 Å². The van der Waals surface area contributed by atoms with E-state index in [9.17, 15) is 18.4 Å². The van der Waals surface area contributed by atoms with E-state index in [4.69, 9.17) is 0 Å². The summed E-state index contributed by atoms with van der Waals surface area (Å²) in [6.45, 7) is 0. The normalized spacial score (nSPS) is 21.1. The molecule has 1 aromatic heterocycles. The Kier molecular flexibility index (Phi) is 2.38. The van der Waals surface area contributed by atoms with Crippen LogP contribution in [0.1, 0.15) is 5.82 Å². The zero-order chi connectivity index (χ0) is 11.8. The van der Waals surface area contributed by atoms with Crippen molar-refractivity contribution in [3.8, 4) is 0 Å². The molecule has 1 unspecified atom stereocenters. The van der Waals surface area contributed by atoms with Crippen LogP contribution in [0.5, 0.6) is 0 Å². The van der Waals surface area contributed by atoms with Crippen molar-refractivity contribution in [2.45, 2.75) is 12.2 Å². The molecule has 1 aliphatic heterocycles. The highest BCUT2D eigenvalue weighted by molar-refractivity contribution is 5.67. The summed E-state index contributed by atoms with van der Waals surface area (Å²) in [6, 6.07) is -2.19. The number of hydrogen-bond acceptors (Lipinski definition) is 5. The lowest BCUT2D eigenvalue weighted by atomic mass is 10.0. The number of hydroxylamine groups is 2. The van der Waals surface area contributed by atoms with Crippen molar-refractivity contribution in [3.05, 3.63) is 24.2 Å². The molecule has 0 fully saturated rings. The lowest BCUT2D eigenvalue weighted by Gasteiger charge is -2.29. The zero-order valence-corrected chi connectivity index (χ0v) is 7.68. The molecule has 16 heavy (non-hydrogen) atoms. The number of halogens is 3. The van der Waals surface area contributed by atoms with Crippen LogP contribution in [-0.4, -0.2) is 43.1 Å². The van der Waals surface area contributed by atoms with Crippen LogP contribution in [0.3, 0.4) is 0 Å². The number of aromatic nitrogens is 4. The largest absolute Gasteiger partial charge is 0.415 e. The van der Waals surface area contributed by atoms with Gasteiger partial charge in [0.15, 0.2) is 6.04 Å². The summed E-state index contributed by atoms with van der Waals surface area (Å²) >= 11 is 0. The second-order valence-corrected chi connectivity index (χ2v) is 3.02. The van der Waals surface area contributed by atoms with Gasteiger partial charge in [-0.15, -0.1) is 10.2 Å². The summed E-state index contributed by atoms with van der Waals surface area (Å²) in [5.74, 6) is -0.203. The lowest BCUT2D eigenvalue weighted by molar-refractivity contribution is -0.214. The van der Waals surface area contributed by atoms with Crippen molar-refractivity contribution in [3.63, 3.8) is 0 Å². The van der Waals surface area contributed by atoms with Crippen LogP contribution in [0.25, 0.3) is 5.57 Å². The number of aromatic amines is 1. The fourth-order valence-corrected chi connectivity index (χ4v) is 1.36. The predicted molar refractivity (Wildman–Crippen MR) is 44.8 cm³/mol. The number of hydrogen-bond donors (Lipinski definition) is 2. The average molecular weight is 233 g/mol. The molecular formula is C7H6F3N5O. The third-order valence-corrected chi connectivity index (χ3v) is 1.99. The van der Waals surface area contributed by atoms with Crippen LogP contribution in [0.4, 0.5) is 13.2 Å². The summed E-state index contributed by atoms with van der Waals surface area (Å²) in [7, 11) is 0. The Morgan fingerprint density at radius 2 is 2.19 bits per heavy atom. The van der Waals surface area contributed by atoms with Gasteiger partial charge in [-0.05, 0) is 11.3 Å². The molecule has 0 aliphatic carbocycles. The zero-order valence-electron chi connectivity index (χ0n) is 7.68. The molecular weight excluding hydrogens is 227 g/mol. The van der Waals surface area contributed by atoms with Crippen molar-refractivity contribution >= 4 is 5.57 Å². The van der Waals surface area contributed by atoms with Gasteiger partial charge in [0.2, 0.25) is 5.82 Å². The lowest BCUT2D eigenvalue weighted by Crippen LogP contribution is -2.43. The van der Waals surface area contributed by atoms with Crippen LogP contribution >= 0.6 is 0 Å². The molecule has 0 bridgehead atoms. The molecule has 2 rings (SSSR count). The number of H-pyrrole nitrogens is 1. The van der Waals surface area contributed by atoms with Gasteiger partial charge in [-0.2, -0.15) is 18.4 Å². The molecule has 1 atom stereocenters. The van der Waals surface area contributed by atoms with Crippen molar-refractivity contribution in [1.82, 2.24) is 25.7 Å². The Labute approximate surface area is 87.0 Å². The highest BCUT2D eigenvalue weighted by Gasteiger charge is 2.47. The average Bonchev–Trinajstić information content (AvgIpc) is 2.67. The first-order valence-electron chi connectivity index (χ1n) is 4.16. The fourth-order valence-electron chi connectivity index (χ4n) is 1.36. The molecule has 86 valence electrons. The Bertz CT molecular complexity index is 424. The molecule has 6 nitrogen and oxygen atoms in total. The van der Waals surface area contributed by atoms with E-state index in [1.807, 2.05) is 0 Å². The molecule has 0 amide bonds. The minimum absolute atomic E-state index is 0.0612. The molecule has 1 aromatic rings. The second kappa shape index (κ2) is 3.59. The van der Waals surface area contributed by atoms with E-state index in [2.05, 4.69) is 20.6 Å². The first kappa shape index (κ1) is 10.6. The molecule has 1 aliphatic rings. The third kappa shape index (κ3) is 1.76. The first-order chi connectivity index (χ1) is 7.50. The van der Waals surface area contributed by atoms with Crippen LogP contribution in [0.15, 0.2) is 18.4 Å². The monoisotopic (exact) mass is 233 g/mol. The van der Waals surface area contributed by atoms with E-state index in [-0.39, 0.29) is 16.5 Å². The number of alkyl halides is 3. The highest BCUT2D eigenvalue weighted by atomic mass is 19.4.